The summed E-state index contributed by atoms with van der Waals surface area (Å²) in [6.07, 6.45) is 0. The summed E-state index contributed by atoms with van der Waals surface area (Å²) >= 11 is 6.59. The molecule has 5 rings (SSSR count). The topological polar surface area (TPSA) is 71.8 Å². The SMILES string of the molecule is CC1=C(C(=O)Nc2ccccc2)[C@@H](c2ccccc2Cl)n2nc(-c3ccccc3)nc2N1. The molecule has 0 radical (unpaired) electrons. The molecule has 0 saturated heterocycles. The molecule has 158 valence electrons. The van der Waals surface area contributed by atoms with E-state index in [1.54, 1.807) is 4.68 Å². The van der Waals surface area contributed by atoms with Gasteiger partial charge in [-0.25, -0.2) is 4.68 Å². The molecule has 1 atom stereocenters. The van der Waals surface area contributed by atoms with Crippen LogP contribution in [0.15, 0.2) is 96.2 Å². The maximum Gasteiger partial charge on any atom is 0.255 e. The summed E-state index contributed by atoms with van der Waals surface area (Å²) in [7, 11) is 0. The van der Waals surface area contributed by atoms with Crippen molar-refractivity contribution in [3.05, 3.63) is 107 Å². The van der Waals surface area contributed by atoms with Crippen LogP contribution in [0.3, 0.4) is 0 Å². The fourth-order valence-electron chi connectivity index (χ4n) is 3.86. The molecule has 0 saturated carbocycles. The molecule has 32 heavy (non-hydrogen) atoms. The van der Waals surface area contributed by atoms with Gasteiger partial charge in [-0.15, -0.1) is 5.10 Å². The Morgan fingerprint density at radius 3 is 2.34 bits per heavy atom. The number of para-hydroxylation sites is 1. The molecule has 1 aliphatic rings. The van der Waals surface area contributed by atoms with Crippen molar-refractivity contribution in [3.63, 3.8) is 0 Å². The minimum Gasteiger partial charge on any atom is -0.328 e. The second kappa shape index (κ2) is 8.32. The smallest absolute Gasteiger partial charge is 0.255 e. The van der Waals surface area contributed by atoms with Gasteiger partial charge in [0.15, 0.2) is 5.82 Å². The summed E-state index contributed by atoms with van der Waals surface area (Å²) in [4.78, 5) is 18.1. The monoisotopic (exact) mass is 441 g/mol. The van der Waals surface area contributed by atoms with E-state index in [1.807, 2.05) is 91.9 Å². The second-order valence-corrected chi connectivity index (χ2v) is 7.88. The molecule has 1 aromatic heterocycles. The summed E-state index contributed by atoms with van der Waals surface area (Å²) in [5, 5.41) is 11.6. The number of nitrogens with one attached hydrogen (secondary N) is 2. The lowest BCUT2D eigenvalue weighted by Gasteiger charge is -2.29. The zero-order valence-corrected chi connectivity index (χ0v) is 18.0. The fraction of sp³-hybridized carbons (Fsp3) is 0.0800. The number of hydrogen-bond acceptors (Lipinski definition) is 4. The van der Waals surface area contributed by atoms with Crippen molar-refractivity contribution < 1.29 is 4.79 Å². The highest BCUT2D eigenvalue weighted by Gasteiger charge is 2.35. The van der Waals surface area contributed by atoms with Gasteiger partial charge >= 0.3 is 0 Å². The van der Waals surface area contributed by atoms with Gasteiger partial charge in [-0.3, -0.25) is 4.79 Å². The Morgan fingerprint density at radius 1 is 0.969 bits per heavy atom. The van der Waals surface area contributed by atoms with Crippen molar-refractivity contribution in [2.24, 2.45) is 0 Å². The molecule has 0 aliphatic carbocycles. The molecule has 2 N–H and O–H groups in total. The summed E-state index contributed by atoms with van der Waals surface area (Å²) in [6.45, 7) is 1.87. The first-order valence-corrected chi connectivity index (χ1v) is 10.6. The maximum absolute atomic E-state index is 13.4. The van der Waals surface area contributed by atoms with Gasteiger partial charge in [0.2, 0.25) is 5.95 Å². The number of amides is 1. The number of hydrogen-bond donors (Lipinski definition) is 2. The van der Waals surface area contributed by atoms with Crippen LogP contribution in [0.1, 0.15) is 18.5 Å². The lowest BCUT2D eigenvalue weighted by molar-refractivity contribution is -0.113. The molecule has 0 unspecified atom stereocenters. The number of carbonyl (C=O) groups is 1. The lowest BCUT2D eigenvalue weighted by atomic mass is 9.95. The van der Waals surface area contributed by atoms with Crippen LogP contribution >= 0.6 is 11.6 Å². The average Bonchev–Trinajstić information content (AvgIpc) is 3.23. The summed E-state index contributed by atoms with van der Waals surface area (Å²) < 4.78 is 1.73. The Hall–Kier alpha value is -3.90. The predicted molar refractivity (Wildman–Crippen MR) is 126 cm³/mol. The van der Waals surface area contributed by atoms with Crippen LogP contribution in [0.25, 0.3) is 11.4 Å². The van der Waals surface area contributed by atoms with Gasteiger partial charge < -0.3 is 10.6 Å². The van der Waals surface area contributed by atoms with Gasteiger partial charge in [0.1, 0.15) is 6.04 Å². The van der Waals surface area contributed by atoms with E-state index in [4.69, 9.17) is 16.7 Å². The number of aromatic nitrogens is 3. The van der Waals surface area contributed by atoms with Crippen molar-refractivity contribution in [1.29, 1.82) is 0 Å². The minimum atomic E-state index is -0.534. The third-order valence-electron chi connectivity index (χ3n) is 5.36. The van der Waals surface area contributed by atoms with Crippen LogP contribution < -0.4 is 10.6 Å². The Balaban J connectivity index is 1.63. The Labute approximate surface area is 190 Å². The van der Waals surface area contributed by atoms with Crippen LogP contribution in [0.5, 0.6) is 0 Å². The number of rotatable bonds is 4. The van der Waals surface area contributed by atoms with E-state index in [1.165, 1.54) is 0 Å². The number of fused-ring (bicyclic) bond motifs is 1. The Kier molecular flexibility index (Phi) is 5.21. The number of carbonyl (C=O) groups excluding carboxylic acids is 1. The normalized spacial score (nSPS) is 15.1. The molecule has 7 heteroatoms. The predicted octanol–water partition coefficient (Wildman–Crippen LogP) is 5.53. The van der Waals surface area contributed by atoms with E-state index in [0.717, 1.165) is 11.1 Å². The van der Waals surface area contributed by atoms with E-state index in [-0.39, 0.29) is 5.91 Å². The molecule has 0 bridgehead atoms. The van der Waals surface area contributed by atoms with E-state index in [2.05, 4.69) is 15.6 Å². The third-order valence-corrected chi connectivity index (χ3v) is 5.70. The molecule has 4 aromatic rings. The van der Waals surface area contributed by atoms with Gasteiger partial charge in [0.25, 0.3) is 5.91 Å². The van der Waals surface area contributed by atoms with E-state index in [9.17, 15) is 4.79 Å². The van der Waals surface area contributed by atoms with Crippen LogP contribution in [0.4, 0.5) is 11.6 Å². The van der Waals surface area contributed by atoms with Crippen LogP contribution in [-0.2, 0) is 4.79 Å². The molecule has 1 amide bonds. The van der Waals surface area contributed by atoms with Crippen molar-refractivity contribution in [2.75, 3.05) is 10.6 Å². The van der Waals surface area contributed by atoms with Gasteiger partial charge in [0.05, 0.1) is 5.57 Å². The zero-order chi connectivity index (χ0) is 22.1. The number of benzene rings is 3. The van der Waals surface area contributed by atoms with Gasteiger partial charge in [-0.1, -0.05) is 78.3 Å². The summed E-state index contributed by atoms with van der Waals surface area (Å²) in [5.74, 6) is 0.902. The van der Waals surface area contributed by atoms with Gasteiger partial charge in [-0.2, -0.15) is 4.98 Å². The van der Waals surface area contributed by atoms with Crippen LogP contribution in [0, 0.1) is 0 Å². The van der Waals surface area contributed by atoms with E-state index >= 15 is 0 Å². The minimum absolute atomic E-state index is 0.228. The van der Waals surface area contributed by atoms with E-state index < -0.39 is 6.04 Å². The average molecular weight is 442 g/mol. The van der Waals surface area contributed by atoms with Gasteiger partial charge in [-0.05, 0) is 25.1 Å². The molecule has 0 spiro atoms. The lowest BCUT2D eigenvalue weighted by Crippen LogP contribution is -2.31. The zero-order valence-electron chi connectivity index (χ0n) is 17.3. The number of allylic oxidation sites excluding steroid dienone is 1. The highest BCUT2D eigenvalue weighted by molar-refractivity contribution is 6.31. The standard InChI is InChI=1S/C25H20ClN5O/c1-16-21(24(32)28-18-12-6-3-7-13-18)22(19-14-8-9-15-20(19)26)31-25(27-16)29-23(30-31)17-10-4-2-5-11-17/h2-15,22H,1H3,(H,28,32)(H,27,29,30)/t22-/m1/s1. The van der Waals surface area contributed by atoms with E-state index in [0.29, 0.717) is 33.8 Å². The van der Waals surface area contributed by atoms with Crippen LogP contribution in [-0.4, -0.2) is 20.7 Å². The number of nitrogens with zero attached hydrogens (tertiary/aromatic N) is 3. The number of anilines is 2. The highest BCUT2D eigenvalue weighted by atomic mass is 35.5. The van der Waals surface area contributed by atoms with Crippen molar-refractivity contribution in [2.45, 2.75) is 13.0 Å². The molecular formula is C25H20ClN5O. The Morgan fingerprint density at radius 2 is 1.62 bits per heavy atom. The summed E-state index contributed by atoms with van der Waals surface area (Å²) in [5.41, 5.74) is 3.60. The molecule has 3 aromatic carbocycles. The second-order valence-electron chi connectivity index (χ2n) is 7.48. The molecule has 2 heterocycles. The molecule has 6 nitrogen and oxygen atoms in total. The molecule has 1 aliphatic heterocycles. The molecule has 0 fully saturated rings. The quantitative estimate of drug-likeness (QED) is 0.437. The first-order chi connectivity index (χ1) is 15.6. The third kappa shape index (κ3) is 3.65. The summed E-state index contributed by atoms with van der Waals surface area (Å²) in [6, 6.07) is 26.1. The van der Waals surface area contributed by atoms with Gasteiger partial charge in [0, 0.05) is 27.5 Å². The fourth-order valence-corrected chi connectivity index (χ4v) is 4.10. The largest absolute Gasteiger partial charge is 0.328 e. The number of halogens is 1. The van der Waals surface area contributed by atoms with Crippen molar-refractivity contribution in [3.8, 4) is 11.4 Å². The first-order valence-electron chi connectivity index (χ1n) is 10.2. The first kappa shape index (κ1) is 20.0. The Bertz CT molecular complexity index is 1310. The van der Waals surface area contributed by atoms with Crippen molar-refractivity contribution >= 4 is 29.1 Å². The maximum atomic E-state index is 13.4. The van der Waals surface area contributed by atoms with Crippen molar-refractivity contribution in [1.82, 2.24) is 14.8 Å². The van der Waals surface area contributed by atoms with Crippen LogP contribution in [0.2, 0.25) is 5.02 Å². The highest BCUT2D eigenvalue weighted by Crippen LogP contribution is 2.39. The molecular weight excluding hydrogens is 422 g/mol.